The summed E-state index contributed by atoms with van der Waals surface area (Å²) in [6.45, 7) is 0.622. The smallest absolute Gasteiger partial charge is 0.260 e. The van der Waals surface area contributed by atoms with Crippen molar-refractivity contribution in [1.82, 2.24) is 15.0 Å². The van der Waals surface area contributed by atoms with Crippen LogP contribution in [0.15, 0.2) is 22.7 Å². The van der Waals surface area contributed by atoms with Crippen molar-refractivity contribution < 1.29 is 4.52 Å². The average molecular weight is 253 g/mol. The molecule has 0 radical (unpaired) electrons. The maximum absolute atomic E-state index is 5.84. The lowest BCUT2D eigenvalue weighted by molar-refractivity contribution is 0.365. The molecule has 1 aromatic heterocycles. The summed E-state index contributed by atoms with van der Waals surface area (Å²) in [6, 6.07) is 5.17. The van der Waals surface area contributed by atoms with Crippen molar-refractivity contribution in [2.45, 2.75) is 6.54 Å². The zero-order valence-corrected chi connectivity index (χ0v) is 10.4. The molecule has 0 unspecified atom stereocenters. The number of nitrogens with zero attached hydrogens (tertiary/aromatic N) is 3. The Morgan fingerprint density at radius 1 is 1.41 bits per heavy atom. The van der Waals surface area contributed by atoms with Crippen LogP contribution in [0.1, 0.15) is 5.82 Å². The van der Waals surface area contributed by atoms with E-state index in [1.54, 1.807) is 18.2 Å². The highest BCUT2D eigenvalue weighted by Gasteiger charge is 2.12. The molecule has 0 fully saturated rings. The number of hydrogen-bond donors (Lipinski definition) is 1. The number of nitrogens with two attached hydrogens (primary N) is 1. The molecule has 5 nitrogen and oxygen atoms in total. The van der Waals surface area contributed by atoms with Gasteiger partial charge in [-0.1, -0.05) is 16.8 Å². The van der Waals surface area contributed by atoms with Crippen LogP contribution < -0.4 is 5.73 Å². The normalized spacial score (nSPS) is 11.1. The summed E-state index contributed by atoms with van der Waals surface area (Å²) in [5, 5.41) is 4.46. The molecule has 2 rings (SSSR count). The van der Waals surface area contributed by atoms with Crippen LogP contribution in [0, 0.1) is 0 Å². The molecule has 0 saturated carbocycles. The van der Waals surface area contributed by atoms with Crippen molar-refractivity contribution in [2.24, 2.45) is 0 Å². The number of aromatic nitrogens is 2. The van der Waals surface area contributed by atoms with Crippen molar-refractivity contribution >= 4 is 17.3 Å². The molecule has 17 heavy (non-hydrogen) atoms. The molecule has 90 valence electrons. The van der Waals surface area contributed by atoms with Crippen LogP contribution in [-0.2, 0) is 6.54 Å². The van der Waals surface area contributed by atoms with E-state index in [9.17, 15) is 0 Å². The van der Waals surface area contributed by atoms with Gasteiger partial charge in [0.05, 0.1) is 12.1 Å². The van der Waals surface area contributed by atoms with Crippen LogP contribution >= 0.6 is 11.6 Å². The van der Waals surface area contributed by atoms with Crippen molar-refractivity contribution in [3.8, 4) is 11.5 Å². The van der Waals surface area contributed by atoms with E-state index in [1.807, 2.05) is 19.0 Å². The third kappa shape index (κ3) is 2.75. The third-order valence-electron chi connectivity index (χ3n) is 2.17. The summed E-state index contributed by atoms with van der Waals surface area (Å²) in [5.41, 5.74) is 7.07. The topological polar surface area (TPSA) is 68.2 Å². The van der Waals surface area contributed by atoms with Crippen LogP contribution in [-0.4, -0.2) is 29.1 Å². The van der Waals surface area contributed by atoms with Gasteiger partial charge < -0.3 is 15.2 Å². The van der Waals surface area contributed by atoms with Crippen LogP contribution in [0.2, 0.25) is 5.02 Å². The fourth-order valence-corrected chi connectivity index (χ4v) is 1.62. The molecule has 1 heterocycles. The van der Waals surface area contributed by atoms with E-state index in [4.69, 9.17) is 21.9 Å². The fourth-order valence-electron chi connectivity index (χ4n) is 1.44. The summed E-state index contributed by atoms with van der Waals surface area (Å²) in [6.07, 6.45) is 0. The van der Waals surface area contributed by atoms with Gasteiger partial charge in [0.1, 0.15) is 0 Å². The minimum atomic E-state index is 0.413. The van der Waals surface area contributed by atoms with E-state index in [0.717, 1.165) is 0 Å². The molecule has 1 aromatic carbocycles. The summed E-state index contributed by atoms with van der Waals surface area (Å²) in [4.78, 5) is 6.23. The zero-order chi connectivity index (χ0) is 12.4. The molecule has 0 spiro atoms. The lowest BCUT2D eigenvalue weighted by Gasteiger charge is -2.03. The van der Waals surface area contributed by atoms with Gasteiger partial charge in [-0.2, -0.15) is 4.98 Å². The Morgan fingerprint density at radius 2 is 2.18 bits per heavy atom. The lowest BCUT2D eigenvalue weighted by Crippen LogP contribution is -2.11. The molecule has 0 aliphatic rings. The fraction of sp³-hybridized carbons (Fsp3) is 0.273. The van der Waals surface area contributed by atoms with E-state index < -0.39 is 0 Å². The second-order valence-electron chi connectivity index (χ2n) is 3.99. The third-order valence-corrected chi connectivity index (χ3v) is 2.40. The van der Waals surface area contributed by atoms with Crippen molar-refractivity contribution in [3.05, 3.63) is 29.0 Å². The molecular formula is C11H13ClN4O. The Balaban J connectivity index is 2.30. The highest BCUT2D eigenvalue weighted by atomic mass is 35.5. The molecular weight excluding hydrogens is 240 g/mol. The standard InChI is InChI=1S/C11H13ClN4O/c1-16(2)6-10-14-11(17-15-10)8-4-3-7(12)5-9(8)13/h3-5H,6,13H2,1-2H3. The van der Waals surface area contributed by atoms with Crippen LogP contribution in [0.4, 0.5) is 5.69 Å². The molecule has 0 atom stereocenters. The number of benzene rings is 1. The monoisotopic (exact) mass is 252 g/mol. The summed E-state index contributed by atoms with van der Waals surface area (Å²) in [7, 11) is 3.87. The Bertz CT molecular complexity index is 524. The van der Waals surface area contributed by atoms with E-state index >= 15 is 0 Å². The van der Waals surface area contributed by atoms with Crippen LogP contribution in [0.5, 0.6) is 0 Å². The van der Waals surface area contributed by atoms with Gasteiger partial charge in [-0.3, -0.25) is 0 Å². The van der Waals surface area contributed by atoms with Crippen molar-refractivity contribution in [1.29, 1.82) is 0 Å². The number of anilines is 1. The molecule has 0 saturated heterocycles. The number of rotatable bonds is 3. The van der Waals surface area contributed by atoms with Crippen LogP contribution in [0.3, 0.4) is 0 Å². The Hall–Kier alpha value is -1.59. The van der Waals surface area contributed by atoms with Crippen LogP contribution in [0.25, 0.3) is 11.5 Å². The number of halogens is 1. The second-order valence-corrected chi connectivity index (χ2v) is 4.42. The molecule has 0 aliphatic heterocycles. The maximum Gasteiger partial charge on any atom is 0.260 e. The summed E-state index contributed by atoms with van der Waals surface area (Å²) >= 11 is 5.83. The molecule has 6 heteroatoms. The predicted molar refractivity (Wildman–Crippen MR) is 66.5 cm³/mol. The molecule has 2 N–H and O–H groups in total. The van der Waals surface area contributed by atoms with Gasteiger partial charge >= 0.3 is 0 Å². The molecule has 0 amide bonds. The van der Waals surface area contributed by atoms with Gasteiger partial charge in [-0.25, -0.2) is 0 Å². The first-order valence-electron chi connectivity index (χ1n) is 5.09. The first-order valence-corrected chi connectivity index (χ1v) is 5.47. The zero-order valence-electron chi connectivity index (χ0n) is 9.64. The van der Waals surface area contributed by atoms with Gasteiger partial charge in [-0.15, -0.1) is 0 Å². The highest BCUT2D eigenvalue weighted by Crippen LogP contribution is 2.27. The first-order chi connectivity index (χ1) is 8.06. The van der Waals surface area contributed by atoms with Crippen molar-refractivity contribution in [3.63, 3.8) is 0 Å². The molecule has 0 bridgehead atoms. The first kappa shape index (κ1) is 11.9. The quantitative estimate of drug-likeness (QED) is 0.847. The van der Waals surface area contributed by atoms with E-state index in [1.165, 1.54) is 0 Å². The van der Waals surface area contributed by atoms with Gasteiger partial charge in [-0.05, 0) is 32.3 Å². The Morgan fingerprint density at radius 3 is 2.82 bits per heavy atom. The molecule has 0 aliphatic carbocycles. The minimum Gasteiger partial charge on any atom is -0.398 e. The Kier molecular flexibility index (Phi) is 3.31. The molecule has 2 aromatic rings. The highest BCUT2D eigenvalue weighted by molar-refractivity contribution is 6.31. The number of nitrogen functional groups attached to an aromatic ring is 1. The Labute approximate surface area is 104 Å². The lowest BCUT2D eigenvalue weighted by atomic mass is 10.2. The summed E-state index contributed by atoms with van der Waals surface area (Å²) < 4.78 is 5.16. The predicted octanol–water partition coefficient (Wildman–Crippen LogP) is 2.03. The maximum atomic E-state index is 5.84. The van der Waals surface area contributed by atoms with E-state index in [-0.39, 0.29) is 0 Å². The SMILES string of the molecule is CN(C)Cc1noc(-c2ccc(Cl)cc2N)n1. The summed E-state index contributed by atoms with van der Waals surface area (Å²) in [5.74, 6) is 1.04. The van der Waals surface area contributed by atoms with Gasteiger partial charge in [0.15, 0.2) is 5.82 Å². The average Bonchev–Trinajstić information content (AvgIpc) is 2.65. The minimum absolute atomic E-state index is 0.413. The van der Waals surface area contributed by atoms with Gasteiger partial charge in [0, 0.05) is 10.7 Å². The van der Waals surface area contributed by atoms with Gasteiger partial charge in [0.25, 0.3) is 5.89 Å². The van der Waals surface area contributed by atoms with E-state index in [0.29, 0.717) is 34.5 Å². The number of hydrogen-bond acceptors (Lipinski definition) is 5. The van der Waals surface area contributed by atoms with Gasteiger partial charge in [0.2, 0.25) is 0 Å². The second kappa shape index (κ2) is 4.73. The van der Waals surface area contributed by atoms with E-state index in [2.05, 4.69) is 10.1 Å². The van der Waals surface area contributed by atoms with Crippen molar-refractivity contribution in [2.75, 3.05) is 19.8 Å². The largest absolute Gasteiger partial charge is 0.398 e.